The van der Waals surface area contributed by atoms with Gasteiger partial charge in [-0.2, -0.15) is 13.2 Å². The van der Waals surface area contributed by atoms with Gasteiger partial charge in [0.25, 0.3) is 0 Å². The van der Waals surface area contributed by atoms with E-state index in [1.807, 2.05) is 30.3 Å². The lowest BCUT2D eigenvalue weighted by Gasteiger charge is -2.41. The second kappa shape index (κ2) is 6.78. The van der Waals surface area contributed by atoms with Crippen LogP contribution in [0.25, 0.3) is 10.9 Å². The van der Waals surface area contributed by atoms with Crippen LogP contribution in [0.3, 0.4) is 0 Å². The number of halogens is 4. The molecule has 0 amide bonds. The molecule has 0 unspecified atom stereocenters. The summed E-state index contributed by atoms with van der Waals surface area (Å²) in [5, 5.41) is 4.06. The van der Waals surface area contributed by atoms with Crippen molar-refractivity contribution in [3.8, 4) is 0 Å². The van der Waals surface area contributed by atoms with Gasteiger partial charge in [-0.25, -0.2) is 4.98 Å². The highest BCUT2D eigenvalue weighted by atomic mass is 35.5. The van der Waals surface area contributed by atoms with Crippen molar-refractivity contribution in [3.63, 3.8) is 0 Å². The Morgan fingerprint density at radius 2 is 1.79 bits per heavy atom. The minimum atomic E-state index is -4.56. The highest BCUT2D eigenvalue weighted by Gasteiger charge is 2.44. The molecule has 1 N–H and O–H groups in total. The van der Waals surface area contributed by atoms with Crippen LogP contribution in [-0.4, -0.2) is 17.3 Å². The van der Waals surface area contributed by atoms with E-state index in [0.29, 0.717) is 35.5 Å². The maximum atomic E-state index is 13.3. The van der Waals surface area contributed by atoms with Crippen LogP contribution in [0.4, 0.5) is 18.9 Å². The number of hydrogen-bond donors (Lipinski definition) is 1. The molecule has 0 spiro atoms. The molecule has 1 aliphatic carbocycles. The molecule has 0 saturated heterocycles. The first-order valence-corrected chi connectivity index (χ1v) is 9.13. The van der Waals surface area contributed by atoms with Crippen molar-refractivity contribution in [2.45, 2.75) is 24.4 Å². The number of rotatable bonds is 4. The highest BCUT2D eigenvalue weighted by molar-refractivity contribution is 6.31. The fraction of sp³-hybridized carbons (Fsp3) is 0.238. The number of nitrogens with zero attached hydrogens (tertiary/aromatic N) is 1. The van der Waals surface area contributed by atoms with E-state index in [2.05, 4.69) is 10.3 Å². The molecule has 0 bridgehead atoms. The van der Waals surface area contributed by atoms with Gasteiger partial charge in [-0.05, 0) is 29.8 Å². The Balaban J connectivity index is 1.72. The number of carbonyl (C=O) groups is 1. The van der Waals surface area contributed by atoms with Gasteiger partial charge in [-0.3, -0.25) is 4.79 Å². The van der Waals surface area contributed by atoms with E-state index in [1.54, 1.807) is 6.07 Å². The molecule has 0 radical (unpaired) electrons. The zero-order valence-electron chi connectivity index (χ0n) is 14.7. The minimum absolute atomic E-state index is 0.143. The molecule has 1 aromatic heterocycles. The number of carbonyl (C=O) groups excluding carboxylic acids is 1. The van der Waals surface area contributed by atoms with Crippen LogP contribution in [0.2, 0.25) is 5.02 Å². The average Bonchev–Trinajstić information content (AvgIpc) is 2.64. The Morgan fingerprint density at radius 1 is 1.07 bits per heavy atom. The number of ketones is 1. The monoisotopic (exact) mass is 404 g/mol. The van der Waals surface area contributed by atoms with Crippen LogP contribution in [0, 0.1) is 0 Å². The zero-order chi connectivity index (χ0) is 19.9. The third kappa shape index (κ3) is 3.44. The van der Waals surface area contributed by atoms with Gasteiger partial charge in [0.15, 0.2) is 0 Å². The van der Waals surface area contributed by atoms with E-state index in [9.17, 15) is 18.0 Å². The third-order valence-electron chi connectivity index (χ3n) is 5.14. The van der Waals surface area contributed by atoms with E-state index in [-0.39, 0.29) is 11.3 Å². The first-order chi connectivity index (χ1) is 13.3. The second-order valence-electron chi connectivity index (χ2n) is 7.11. The summed E-state index contributed by atoms with van der Waals surface area (Å²) in [5.74, 6) is 0.143. The van der Waals surface area contributed by atoms with E-state index in [1.165, 1.54) is 12.1 Å². The first kappa shape index (κ1) is 18.7. The molecule has 1 fully saturated rings. The second-order valence-corrected chi connectivity index (χ2v) is 7.54. The van der Waals surface area contributed by atoms with E-state index in [4.69, 9.17) is 11.6 Å². The van der Waals surface area contributed by atoms with Gasteiger partial charge in [0.2, 0.25) is 0 Å². The molecule has 0 atom stereocenters. The fourth-order valence-electron chi connectivity index (χ4n) is 3.68. The summed E-state index contributed by atoms with van der Waals surface area (Å²) < 4.78 is 39.8. The van der Waals surface area contributed by atoms with Gasteiger partial charge in [0.05, 0.1) is 5.52 Å². The van der Waals surface area contributed by atoms with E-state index >= 15 is 0 Å². The summed E-state index contributed by atoms with van der Waals surface area (Å²) in [6, 6.07) is 15.1. The third-order valence-corrected chi connectivity index (χ3v) is 5.37. The van der Waals surface area contributed by atoms with Gasteiger partial charge >= 0.3 is 6.18 Å². The molecule has 3 nitrogen and oxygen atoms in total. The van der Waals surface area contributed by atoms with Crippen molar-refractivity contribution in [1.29, 1.82) is 0 Å². The van der Waals surface area contributed by atoms with Crippen LogP contribution >= 0.6 is 11.6 Å². The standard InChI is InChI=1S/C21H16ClF3N2O/c22-14-6-7-17-16(8-14)18(9-19(27-17)21(23,24)25)26-12-20(10-15(28)11-20)13-4-2-1-3-5-13/h1-9H,10-12H2,(H,26,27). The summed E-state index contributed by atoms with van der Waals surface area (Å²) in [4.78, 5) is 15.5. The number of alkyl halides is 3. The molecule has 2 aromatic carbocycles. The Morgan fingerprint density at radius 3 is 2.43 bits per heavy atom. The number of aromatic nitrogens is 1. The number of fused-ring (bicyclic) bond motifs is 1. The number of Topliss-reactive ketones (excluding diaryl/α,β-unsaturated/α-hetero) is 1. The molecular weight excluding hydrogens is 389 g/mol. The fourth-order valence-corrected chi connectivity index (χ4v) is 3.85. The van der Waals surface area contributed by atoms with Gasteiger partial charge in [0.1, 0.15) is 11.5 Å². The maximum Gasteiger partial charge on any atom is 0.433 e. The molecule has 0 aliphatic heterocycles. The van der Waals surface area contributed by atoms with Crippen molar-refractivity contribution >= 4 is 34.0 Å². The summed E-state index contributed by atoms with van der Waals surface area (Å²) in [6.45, 7) is 0.339. The lowest BCUT2D eigenvalue weighted by molar-refractivity contribution is -0.140. The lowest BCUT2D eigenvalue weighted by Crippen LogP contribution is -2.47. The van der Waals surface area contributed by atoms with Crippen LogP contribution in [0.15, 0.2) is 54.6 Å². The lowest BCUT2D eigenvalue weighted by atomic mass is 9.63. The largest absolute Gasteiger partial charge is 0.433 e. The Hall–Kier alpha value is -2.60. The van der Waals surface area contributed by atoms with Crippen LogP contribution in [0.1, 0.15) is 24.1 Å². The van der Waals surface area contributed by atoms with E-state index < -0.39 is 17.3 Å². The molecule has 28 heavy (non-hydrogen) atoms. The molecule has 4 rings (SSSR count). The Bertz CT molecular complexity index is 1040. The number of anilines is 1. The van der Waals surface area contributed by atoms with Crippen molar-refractivity contribution < 1.29 is 18.0 Å². The summed E-state index contributed by atoms with van der Waals surface area (Å²) in [6.07, 6.45) is -3.84. The van der Waals surface area contributed by atoms with Crippen molar-refractivity contribution in [1.82, 2.24) is 4.98 Å². The number of nitrogens with one attached hydrogen (secondary N) is 1. The van der Waals surface area contributed by atoms with Crippen molar-refractivity contribution in [2.24, 2.45) is 0 Å². The molecule has 1 saturated carbocycles. The van der Waals surface area contributed by atoms with Crippen LogP contribution in [0.5, 0.6) is 0 Å². The minimum Gasteiger partial charge on any atom is -0.384 e. The molecule has 3 aromatic rings. The molecule has 144 valence electrons. The summed E-state index contributed by atoms with van der Waals surface area (Å²) in [5.41, 5.74) is 0.109. The summed E-state index contributed by atoms with van der Waals surface area (Å²) >= 11 is 6.04. The predicted octanol–water partition coefficient (Wildman–Crippen LogP) is 5.62. The highest BCUT2D eigenvalue weighted by Crippen LogP contribution is 2.42. The number of benzene rings is 2. The molecule has 7 heteroatoms. The van der Waals surface area contributed by atoms with Crippen LogP contribution < -0.4 is 5.32 Å². The number of pyridine rings is 1. The zero-order valence-corrected chi connectivity index (χ0v) is 15.4. The Kier molecular flexibility index (Phi) is 4.54. The number of hydrogen-bond acceptors (Lipinski definition) is 3. The average molecular weight is 405 g/mol. The maximum absolute atomic E-state index is 13.3. The van der Waals surface area contributed by atoms with E-state index in [0.717, 1.165) is 11.6 Å². The molecular formula is C21H16ClF3N2O. The molecule has 1 aliphatic rings. The SMILES string of the molecule is O=C1CC(CNc2cc(C(F)(F)F)nc3ccc(Cl)cc23)(c2ccccc2)C1. The normalized spacial score (nSPS) is 16.1. The smallest absolute Gasteiger partial charge is 0.384 e. The Labute approximate surface area is 164 Å². The van der Waals surface area contributed by atoms with Crippen LogP contribution in [-0.2, 0) is 16.4 Å². The van der Waals surface area contributed by atoms with Gasteiger partial charge in [-0.15, -0.1) is 0 Å². The molecule has 1 heterocycles. The quantitative estimate of drug-likeness (QED) is 0.613. The van der Waals surface area contributed by atoms with Gasteiger partial charge in [-0.1, -0.05) is 41.9 Å². The topological polar surface area (TPSA) is 42.0 Å². The summed E-state index contributed by atoms with van der Waals surface area (Å²) in [7, 11) is 0. The predicted molar refractivity (Wildman–Crippen MR) is 103 cm³/mol. The van der Waals surface area contributed by atoms with Gasteiger partial charge < -0.3 is 5.32 Å². The van der Waals surface area contributed by atoms with Crippen molar-refractivity contribution in [3.05, 3.63) is 70.9 Å². The van der Waals surface area contributed by atoms with Crippen molar-refractivity contribution in [2.75, 3.05) is 11.9 Å². The van der Waals surface area contributed by atoms with Gasteiger partial charge in [0, 0.05) is 40.9 Å². The first-order valence-electron chi connectivity index (χ1n) is 8.75.